The van der Waals surface area contributed by atoms with Gasteiger partial charge in [-0.25, -0.2) is 0 Å². The van der Waals surface area contributed by atoms with Gasteiger partial charge in [0.15, 0.2) is 0 Å². The third kappa shape index (κ3) is 39.8. The summed E-state index contributed by atoms with van der Waals surface area (Å²) in [4.78, 5) is 0. The summed E-state index contributed by atoms with van der Waals surface area (Å²) >= 11 is 0. The van der Waals surface area contributed by atoms with Gasteiger partial charge in [0, 0.05) is 13.2 Å². The van der Waals surface area contributed by atoms with E-state index in [1.807, 2.05) is 0 Å². The molecule has 0 aliphatic carbocycles. The molecule has 0 bridgehead atoms. The standard InChI is InChI=1S/C37H76O8/c1-3-5-7-9-11-13-15-17-19-21-24-43-35-37(36-44-25-22-20-18-16-14-12-10-8-6-4-2)45-34-33-42-32-31-41-30-29-40-28-27-39-26-23-38/h37-38H,3-36H2,1-2H3. The number of hydrogen-bond acceptors (Lipinski definition) is 8. The number of ether oxygens (including phenoxy) is 7. The Morgan fingerprint density at radius 3 is 1.00 bits per heavy atom. The molecule has 45 heavy (non-hydrogen) atoms. The van der Waals surface area contributed by atoms with E-state index in [4.69, 9.17) is 38.3 Å². The van der Waals surface area contributed by atoms with Crippen molar-refractivity contribution in [2.45, 2.75) is 148 Å². The maximum absolute atomic E-state index is 8.66. The zero-order valence-corrected chi connectivity index (χ0v) is 29.9. The average Bonchev–Trinajstić information content (AvgIpc) is 3.05. The fourth-order valence-electron chi connectivity index (χ4n) is 5.06. The van der Waals surface area contributed by atoms with Crippen LogP contribution in [0.3, 0.4) is 0 Å². The second kappa shape index (κ2) is 41.7. The molecule has 272 valence electrons. The van der Waals surface area contributed by atoms with Crippen molar-refractivity contribution in [2.75, 3.05) is 92.5 Å². The molecular formula is C37H76O8. The molecule has 0 radical (unpaired) electrons. The average molecular weight is 649 g/mol. The maximum atomic E-state index is 8.66. The molecule has 0 saturated carbocycles. The molecule has 8 heteroatoms. The lowest BCUT2D eigenvalue weighted by atomic mass is 10.1. The Bertz CT molecular complexity index is 483. The fourth-order valence-corrected chi connectivity index (χ4v) is 5.06. The van der Waals surface area contributed by atoms with Crippen LogP contribution in [0.25, 0.3) is 0 Å². The quantitative estimate of drug-likeness (QED) is 0.0663. The van der Waals surface area contributed by atoms with Crippen LogP contribution in [0.15, 0.2) is 0 Å². The minimum absolute atomic E-state index is 0.0369. The minimum Gasteiger partial charge on any atom is -0.394 e. The van der Waals surface area contributed by atoms with Crippen LogP contribution in [0, 0.1) is 0 Å². The first-order chi connectivity index (χ1) is 22.3. The van der Waals surface area contributed by atoms with Gasteiger partial charge in [-0.1, -0.05) is 129 Å². The topological polar surface area (TPSA) is 84.8 Å². The first-order valence-electron chi connectivity index (χ1n) is 19.0. The Labute approximate surface area is 278 Å². The predicted octanol–water partition coefficient (Wildman–Crippen LogP) is 8.31. The van der Waals surface area contributed by atoms with E-state index in [0.29, 0.717) is 72.7 Å². The molecule has 1 N–H and O–H groups in total. The van der Waals surface area contributed by atoms with E-state index in [1.54, 1.807) is 0 Å². The van der Waals surface area contributed by atoms with Crippen LogP contribution in [0.4, 0.5) is 0 Å². The van der Waals surface area contributed by atoms with E-state index < -0.39 is 0 Å². The number of rotatable bonds is 41. The Morgan fingerprint density at radius 2 is 0.644 bits per heavy atom. The molecule has 0 amide bonds. The number of aliphatic hydroxyl groups excluding tert-OH is 1. The van der Waals surface area contributed by atoms with Gasteiger partial charge in [0.2, 0.25) is 0 Å². The summed E-state index contributed by atoms with van der Waals surface area (Å²) in [5.41, 5.74) is 0. The SMILES string of the molecule is CCCCCCCCCCCCOCC(COCCCCCCCCCCCC)OCCOCCOCCOCCOCCO. The summed E-state index contributed by atoms with van der Waals surface area (Å²) in [6.07, 6.45) is 26.6. The summed E-state index contributed by atoms with van der Waals surface area (Å²) in [5, 5.41) is 8.66. The lowest BCUT2D eigenvalue weighted by molar-refractivity contribution is -0.0769. The smallest absolute Gasteiger partial charge is 0.104 e. The van der Waals surface area contributed by atoms with E-state index >= 15 is 0 Å². The van der Waals surface area contributed by atoms with Gasteiger partial charge in [0.05, 0.1) is 79.3 Å². The molecule has 8 nitrogen and oxygen atoms in total. The first-order valence-corrected chi connectivity index (χ1v) is 19.0. The molecule has 0 unspecified atom stereocenters. The molecule has 0 spiro atoms. The zero-order valence-electron chi connectivity index (χ0n) is 29.9. The van der Waals surface area contributed by atoms with Gasteiger partial charge < -0.3 is 38.3 Å². The van der Waals surface area contributed by atoms with Crippen molar-refractivity contribution in [1.82, 2.24) is 0 Å². The Balaban J connectivity index is 3.90. The minimum atomic E-state index is -0.0606. The summed E-state index contributed by atoms with van der Waals surface area (Å²) < 4.78 is 39.8. The van der Waals surface area contributed by atoms with Crippen molar-refractivity contribution in [3.05, 3.63) is 0 Å². The predicted molar refractivity (Wildman–Crippen MR) is 185 cm³/mol. The van der Waals surface area contributed by atoms with Gasteiger partial charge in [0.1, 0.15) is 6.10 Å². The van der Waals surface area contributed by atoms with E-state index in [9.17, 15) is 0 Å². The van der Waals surface area contributed by atoms with Crippen LogP contribution in [0.5, 0.6) is 0 Å². The largest absolute Gasteiger partial charge is 0.394 e. The zero-order chi connectivity index (χ0) is 32.6. The highest BCUT2D eigenvalue weighted by molar-refractivity contribution is 4.57. The van der Waals surface area contributed by atoms with Crippen molar-refractivity contribution in [2.24, 2.45) is 0 Å². The first kappa shape index (κ1) is 44.7. The van der Waals surface area contributed by atoms with E-state index in [1.165, 1.54) is 116 Å². The van der Waals surface area contributed by atoms with Gasteiger partial charge in [-0.15, -0.1) is 0 Å². The monoisotopic (exact) mass is 649 g/mol. The van der Waals surface area contributed by atoms with Gasteiger partial charge in [-0.3, -0.25) is 0 Å². The van der Waals surface area contributed by atoms with Crippen molar-refractivity contribution in [3.63, 3.8) is 0 Å². The molecule has 0 saturated heterocycles. The molecule has 0 aromatic heterocycles. The highest BCUT2D eigenvalue weighted by Crippen LogP contribution is 2.12. The molecule has 0 heterocycles. The lowest BCUT2D eigenvalue weighted by Gasteiger charge is -2.18. The van der Waals surface area contributed by atoms with Crippen molar-refractivity contribution < 1.29 is 38.3 Å². The summed E-state index contributed by atoms with van der Waals surface area (Å²) in [5.74, 6) is 0. The summed E-state index contributed by atoms with van der Waals surface area (Å²) in [6.45, 7) is 11.8. The van der Waals surface area contributed by atoms with E-state index in [2.05, 4.69) is 13.8 Å². The lowest BCUT2D eigenvalue weighted by Crippen LogP contribution is -2.28. The molecule has 0 rings (SSSR count). The van der Waals surface area contributed by atoms with Gasteiger partial charge >= 0.3 is 0 Å². The van der Waals surface area contributed by atoms with Crippen molar-refractivity contribution in [3.8, 4) is 0 Å². The van der Waals surface area contributed by atoms with Crippen molar-refractivity contribution >= 4 is 0 Å². The van der Waals surface area contributed by atoms with Crippen LogP contribution in [-0.2, 0) is 33.2 Å². The molecule has 0 fully saturated rings. The van der Waals surface area contributed by atoms with Crippen LogP contribution in [0.1, 0.15) is 142 Å². The molecule has 0 aromatic rings. The number of hydrogen-bond donors (Lipinski definition) is 1. The summed E-state index contributed by atoms with van der Waals surface area (Å²) in [7, 11) is 0. The molecule has 0 aliphatic rings. The molecule has 0 atom stereocenters. The highest BCUT2D eigenvalue weighted by atomic mass is 16.6. The van der Waals surface area contributed by atoms with E-state index in [-0.39, 0.29) is 12.7 Å². The second-order valence-corrected chi connectivity index (χ2v) is 12.2. The van der Waals surface area contributed by atoms with Gasteiger partial charge in [0.25, 0.3) is 0 Å². The van der Waals surface area contributed by atoms with Gasteiger partial charge in [-0.2, -0.15) is 0 Å². The van der Waals surface area contributed by atoms with Crippen LogP contribution in [0.2, 0.25) is 0 Å². The molecule has 0 aromatic carbocycles. The van der Waals surface area contributed by atoms with E-state index in [0.717, 1.165) is 26.1 Å². The molecular weight excluding hydrogens is 572 g/mol. The Morgan fingerprint density at radius 1 is 0.333 bits per heavy atom. The third-order valence-corrected chi connectivity index (χ3v) is 7.82. The second-order valence-electron chi connectivity index (χ2n) is 12.2. The Kier molecular flexibility index (Phi) is 41.4. The van der Waals surface area contributed by atoms with Gasteiger partial charge in [-0.05, 0) is 12.8 Å². The highest BCUT2D eigenvalue weighted by Gasteiger charge is 2.10. The van der Waals surface area contributed by atoms with Crippen molar-refractivity contribution in [1.29, 1.82) is 0 Å². The Hall–Kier alpha value is -0.320. The fraction of sp³-hybridized carbons (Fsp3) is 1.00. The maximum Gasteiger partial charge on any atom is 0.104 e. The summed E-state index contributed by atoms with van der Waals surface area (Å²) in [6, 6.07) is 0. The third-order valence-electron chi connectivity index (χ3n) is 7.82. The number of unbranched alkanes of at least 4 members (excludes halogenated alkanes) is 18. The van der Waals surface area contributed by atoms with Crippen LogP contribution in [-0.4, -0.2) is 104 Å². The normalized spacial score (nSPS) is 11.7. The van der Waals surface area contributed by atoms with Crippen LogP contribution >= 0.6 is 0 Å². The number of aliphatic hydroxyl groups is 1. The van der Waals surface area contributed by atoms with Crippen LogP contribution < -0.4 is 0 Å². The molecule has 0 aliphatic heterocycles.